The molecule has 1 unspecified atom stereocenters. The quantitative estimate of drug-likeness (QED) is 0.670. The summed E-state index contributed by atoms with van der Waals surface area (Å²) in [7, 11) is 1.60. The van der Waals surface area contributed by atoms with Crippen molar-refractivity contribution in [1.29, 1.82) is 0 Å². The number of amides is 2. The van der Waals surface area contributed by atoms with Crippen molar-refractivity contribution >= 4 is 23.2 Å². The predicted octanol–water partition coefficient (Wildman–Crippen LogP) is 1.31. The first-order valence-electron chi connectivity index (χ1n) is 8.84. The van der Waals surface area contributed by atoms with Gasteiger partial charge in [-0.1, -0.05) is 18.2 Å². The average Bonchev–Trinajstić information content (AvgIpc) is 3.18. The van der Waals surface area contributed by atoms with Crippen molar-refractivity contribution in [1.82, 2.24) is 5.32 Å². The molecule has 3 rings (SSSR count). The van der Waals surface area contributed by atoms with E-state index in [0.29, 0.717) is 24.6 Å². The van der Waals surface area contributed by atoms with Crippen LogP contribution in [0.4, 0.5) is 5.69 Å². The van der Waals surface area contributed by atoms with E-state index in [1.165, 1.54) is 5.01 Å². The van der Waals surface area contributed by atoms with Crippen LogP contribution in [-0.4, -0.2) is 43.8 Å². The van der Waals surface area contributed by atoms with Gasteiger partial charge in [-0.05, 0) is 36.4 Å². The monoisotopic (exact) mass is 382 g/mol. The van der Waals surface area contributed by atoms with Crippen molar-refractivity contribution < 1.29 is 19.1 Å². The minimum Gasteiger partial charge on any atom is -0.497 e. The number of benzene rings is 2. The highest BCUT2D eigenvalue weighted by atomic mass is 16.5. The Morgan fingerprint density at radius 2 is 1.82 bits per heavy atom. The van der Waals surface area contributed by atoms with Crippen molar-refractivity contribution in [2.45, 2.75) is 12.5 Å². The summed E-state index contributed by atoms with van der Waals surface area (Å²) in [5.74, 6) is 0.547. The van der Waals surface area contributed by atoms with E-state index in [1.54, 1.807) is 31.4 Å². The van der Waals surface area contributed by atoms with Gasteiger partial charge in [-0.2, -0.15) is 5.10 Å². The molecule has 0 aromatic heterocycles. The maximum atomic E-state index is 12.4. The van der Waals surface area contributed by atoms with E-state index in [-0.39, 0.29) is 18.0 Å². The van der Waals surface area contributed by atoms with Gasteiger partial charge in [0.1, 0.15) is 29.9 Å². The first-order chi connectivity index (χ1) is 13.6. The maximum Gasteiger partial charge on any atom is 0.267 e. The average molecular weight is 382 g/mol. The lowest BCUT2D eigenvalue weighted by Gasteiger charge is -2.20. The van der Waals surface area contributed by atoms with E-state index in [1.807, 2.05) is 30.3 Å². The molecule has 0 aliphatic carbocycles. The van der Waals surface area contributed by atoms with Crippen molar-refractivity contribution in [3.63, 3.8) is 0 Å². The fraction of sp³-hybridized carbons (Fsp3) is 0.250. The maximum absolute atomic E-state index is 12.4. The number of ether oxygens (including phenoxy) is 2. The zero-order valence-electron chi connectivity index (χ0n) is 15.5. The van der Waals surface area contributed by atoms with Gasteiger partial charge in [0.15, 0.2) is 0 Å². The van der Waals surface area contributed by atoms with Crippen LogP contribution in [0.5, 0.6) is 11.5 Å². The second kappa shape index (κ2) is 8.90. The first-order valence-corrected chi connectivity index (χ1v) is 8.84. The van der Waals surface area contributed by atoms with Gasteiger partial charge >= 0.3 is 0 Å². The molecule has 2 amide bonds. The van der Waals surface area contributed by atoms with Crippen LogP contribution in [0.15, 0.2) is 59.7 Å². The number of nitrogens with one attached hydrogen (secondary N) is 1. The van der Waals surface area contributed by atoms with E-state index < -0.39 is 11.9 Å². The molecule has 0 fully saturated rings. The molecular formula is C20H22N4O4. The summed E-state index contributed by atoms with van der Waals surface area (Å²) in [5, 5.41) is 8.54. The molecular weight excluding hydrogens is 360 g/mol. The Morgan fingerprint density at radius 3 is 2.46 bits per heavy atom. The number of anilines is 1. The van der Waals surface area contributed by atoms with Crippen LogP contribution in [0.25, 0.3) is 0 Å². The summed E-state index contributed by atoms with van der Waals surface area (Å²) in [5.41, 5.74) is 6.45. The van der Waals surface area contributed by atoms with Gasteiger partial charge in [0, 0.05) is 6.42 Å². The Morgan fingerprint density at radius 1 is 1.14 bits per heavy atom. The number of primary amides is 1. The number of carbonyl (C=O) groups excluding carboxylic acids is 2. The van der Waals surface area contributed by atoms with E-state index in [0.717, 1.165) is 5.75 Å². The van der Waals surface area contributed by atoms with Crippen molar-refractivity contribution in [3.05, 3.63) is 54.6 Å². The third-order valence-corrected chi connectivity index (χ3v) is 4.24. The molecule has 0 saturated carbocycles. The van der Waals surface area contributed by atoms with Crippen molar-refractivity contribution in [2.24, 2.45) is 10.8 Å². The van der Waals surface area contributed by atoms with Gasteiger partial charge in [-0.3, -0.25) is 14.6 Å². The summed E-state index contributed by atoms with van der Waals surface area (Å²) in [4.78, 5) is 24.2. The number of methoxy groups -OCH3 is 1. The van der Waals surface area contributed by atoms with Crippen molar-refractivity contribution in [3.8, 4) is 11.5 Å². The molecule has 3 N–H and O–H groups in total. The summed E-state index contributed by atoms with van der Waals surface area (Å²) in [6.07, 6.45) is 0.162. The Kier molecular flexibility index (Phi) is 6.11. The number of hydrazone groups is 1. The number of rotatable bonds is 8. The van der Waals surface area contributed by atoms with Crippen LogP contribution in [-0.2, 0) is 9.59 Å². The zero-order chi connectivity index (χ0) is 19.9. The highest BCUT2D eigenvalue weighted by molar-refractivity contribution is 6.40. The zero-order valence-corrected chi connectivity index (χ0v) is 15.5. The smallest absolute Gasteiger partial charge is 0.267 e. The summed E-state index contributed by atoms with van der Waals surface area (Å²) < 4.78 is 10.7. The van der Waals surface area contributed by atoms with Crippen LogP contribution < -0.4 is 25.5 Å². The highest BCUT2D eigenvalue weighted by Crippen LogP contribution is 2.24. The number of nitrogens with two attached hydrogens (primary N) is 1. The van der Waals surface area contributed by atoms with Gasteiger partial charge in [0.25, 0.3) is 5.91 Å². The Balaban J connectivity index is 1.54. The minimum absolute atomic E-state index is 0.162. The van der Waals surface area contributed by atoms with E-state index in [4.69, 9.17) is 15.2 Å². The van der Waals surface area contributed by atoms with Crippen LogP contribution in [0.3, 0.4) is 0 Å². The predicted molar refractivity (Wildman–Crippen MR) is 105 cm³/mol. The van der Waals surface area contributed by atoms with Gasteiger partial charge in [-0.15, -0.1) is 0 Å². The number of carbonyl (C=O) groups is 2. The van der Waals surface area contributed by atoms with Gasteiger partial charge < -0.3 is 20.5 Å². The molecule has 1 heterocycles. The van der Waals surface area contributed by atoms with Gasteiger partial charge in [0.05, 0.1) is 19.3 Å². The Hall–Kier alpha value is -3.55. The normalized spacial score (nSPS) is 15.7. The van der Waals surface area contributed by atoms with Crippen LogP contribution in [0.1, 0.15) is 6.42 Å². The van der Waals surface area contributed by atoms with E-state index >= 15 is 0 Å². The van der Waals surface area contributed by atoms with E-state index in [9.17, 15) is 9.59 Å². The molecule has 2 aromatic carbocycles. The van der Waals surface area contributed by atoms with Gasteiger partial charge in [-0.25, -0.2) is 0 Å². The molecule has 2 aromatic rings. The third kappa shape index (κ3) is 4.59. The fourth-order valence-corrected chi connectivity index (χ4v) is 2.80. The molecule has 146 valence electrons. The molecule has 1 aliphatic rings. The first kappa shape index (κ1) is 19.2. The summed E-state index contributed by atoms with van der Waals surface area (Å²) >= 11 is 0. The fourth-order valence-electron chi connectivity index (χ4n) is 2.80. The molecule has 1 aliphatic heterocycles. The lowest BCUT2D eigenvalue weighted by Crippen LogP contribution is -2.40. The van der Waals surface area contributed by atoms with E-state index in [2.05, 4.69) is 10.4 Å². The number of hydrogen-bond acceptors (Lipinski definition) is 6. The Bertz CT molecular complexity index is 852. The minimum atomic E-state index is -0.682. The van der Waals surface area contributed by atoms with Crippen LogP contribution in [0.2, 0.25) is 0 Å². The Labute approximate surface area is 162 Å². The summed E-state index contributed by atoms with van der Waals surface area (Å²) in [6.45, 7) is 0.601. The second-order valence-electron chi connectivity index (χ2n) is 6.13. The van der Waals surface area contributed by atoms with Crippen molar-refractivity contribution in [2.75, 3.05) is 25.3 Å². The van der Waals surface area contributed by atoms with Crippen LogP contribution in [0, 0.1) is 0 Å². The van der Waals surface area contributed by atoms with Crippen LogP contribution >= 0.6 is 0 Å². The molecule has 0 saturated heterocycles. The number of hydrogen-bond donors (Lipinski definition) is 2. The SMILES string of the molecule is COc1ccc(OCCNC(=O)C2=NN(c3ccccc3)C(C(N)=O)C2)cc1. The molecule has 8 nitrogen and oxygen atoms in total. The lowest BCUT2D eigenvalue weighted by atomic mass is 10.1. The third-order valence-electron chi connectivity index (χ3n) is 4.24. The van der Waals surface area contributed by atoms with Gasteiger partial charge in [0.2, 0.25) is 5.91 Å². The lowest BCUT2D eigenvalue weighted by molar-refractivity contribution is -0.119. The second-order valence-corrected chi connectivity index (χ2v) is 6.13. The number of para-hydroxylation sites is 1. The number of nitrogens with zero attached hydrogens (tertiary/aromatic N) is 2. The molecule has 8 heteroatoms. The summed E-state index contributed by atoms with van der Waals surface area (Å²) in [6, 6.07) is 15.6. The molecule has 1 atom stereocenters. The molecule has 0 radical (unpaired) electrons. The largest absolute Gasteiger partial charge is 0.497 e. The molecule has 0 bridgehead atoms. The highest BCUT2D eigenvalue weighted by Gasteiger charge is 2.34. The topological polar surface area (TPSA) is 106 Å². The standard InChI is InChI=1S/C20H22N4O4/c1-27-15-7-9-16(10-8-15)28-12-11-22-20(26)17-13-18(19(21)25)24(23-17)14-5-3-2-4-6-14/h2-10,18H,11-13H2,1H3,(H2,21,25)(H,22,26). The molecule has 0 spiro atoms. The molecule has 28 heavy (non-hydrogen) atoms.